The molecule has 1 amide bonds. The summed E-state index contributed by atoms with van der Waals surface area (Å²) in [5, 5.41) is 5.90. The van der Waals surface area contributed by atoms with E-state index in [1.165, 1.54) is 0 Å². The number of nitrogens with one attached hydrogen (secondary N) is 1. The van der Waals surface area contributed by atoms with E-state index in [-0.39, 0.29) is 5.91 Å². The number of carbonyl (C=O) groups is 1. The quantitative estimate of drug-likeness (QED) is 0.676. The van der Waals surface area contributed by atoms with Crippen LogP contribution in [0.25, 0.3) is 10.8 Å². The lowest BCUT2D eigenvalue weighted by molar-refractivity contribution is -0.113. The molecule has 0 aliphatic carbocycles. The summed E-state index contributed by atoms with van der Waals surface area (Å²) >= 11 is 7.54. The Hall–Kier alpha value is -1.97. The molecular weight excluding hydrogens is 326 g/mol. The first-order valence-corrected chi connectivity index (χ1v) is 8.85. The molecule has 0 heterocycles. The van der Waals surface area contributed by atoms with Crippen molar-refractivity contribution >= 4 is 45.7 Å². The van der Waals surface area contributed by atoms with Crippen molar-refractivity contribution in [2.75, 3.05) is 11.1 Å². The second kappa shape index (κ2) is 7.53. The van der Waals surface area contributed by atoms with Gasteiger partial charge in [0.2, 0.25) is 5.91 Å². The van der Waals surface area contributed by atoms with Crippen LogP contribution in [0.3, 0.4) is 0 Å². The van der Waals surface area contributed by atoms with Crippen molar-refractivity contribution in [2.45, 2.75) is 5.75 Å². The summed E-state index contributed by atoms with van der Waals surface area (Å²) < 4.78 is 0. The Balaban J connectivity index is 1.59. The zero-order chi connectivity index (χ0) is 16.1. The summed E-state index contributed by atoms with van der Waals surface area (Å²) in [6, 6.07) is 21.7. The van der Waals surface area contributed by atoms with Crippen molar-refractivity contribution in [3.8, 4) is 0 Å². The number of hydrogen-bond donors (Lipinski definition) is 1. The fourth-order valence-electron chi connectivity index (χ4n) is 2.41. The molecule has 3 rings (SSSR count). The van der Waals surface area contributed by atoms with Crippen molar-refractivity contribution in [1.82, 2.24) is 0 Å². The molecule has 0 saturated heterocycles. The maximum absolute atomic E-state index is 12.2. The van der Waals surface area contributed by atoms with Crippen LogP contribution in [0.4, 0.5) is 5.69 Å². The molecule has 1 N–H and O–H groups in total. The third-order valence-corrected chi connectivity index (χ3v) is 4.69. The standard InChI is InChI=1S/C19H16ClNOS/c20-16-8-3-5-14(11-16)12-23-13-19(22)21-18-10-4-7-15-6-1-2-9-17(15)18/h1-11H,12-13H2,(H,21,22). The van der Waals surface area contributed by atoms with Crippen LogP contribution in [-0.4, -0.2) is 11.7 Å². The van der Waals surface area contributed by atoms with Crippen LogP contribution >= 0.6 is 23.4 Å². The summed E-state index contributed by atoms with van der Waals surface area (Å²) in [7, 11) is 0. The lowest BCUT2D eigenvalue weighted by atomic mass is 10.1. The van der Waals surface area contributed by atoms with Gasteiger partial charge in [0.05, 0.1) is 5.75 Å². The summed E-state index contributed by atoms with van der Waals surface area (Å²) in [6.07, 6.45) is 0. The first-order chi connectivity index (χ1) is 11.2. The van der Waals surface area contributed by atoms with E-state index in [2.05, 4.69) is 5.32 Å². The molecule has 2 nitrogen and oxygen atoms in total. The van der Waals surface area contributed by atoms with Crippen LogP contribution in [0.1, 0.15) is 5.56 Å². The van der Waals surface area contributed by atoms with Crippen molar-refractivity contribution in [1.29, 1.82) is 0 Å². The van der Waals surface area contributed by atoms with Gasteiger partial charge in [0.25, 0.3) is 0 Å². The average molecular weight is 342 g/mol. The Bertz CT molecular complexity index is 829. The molecule has 0 aliphatic heterocycles. The zero-order valence-corrected chi connectivity index (χ0v) is 14.0. The molecule has 0 aromatic heterocycles. The molecule has 0 saturated carbocycles. The van der Waals surface area contributed by atoms with Gasteiger partial charge < -0.3 is 5.32 Å². The summed E-state index contributed by atoms with van der Waals surface area (Å²) in [5.41, 5.74) is 1.98. The highest BCUT2D eigenvalue weighted by molar-refractivity contribution is 7.99. The predicted octanol–water partition coefficient (Wildman–Crippen LogP) is 5.37. The Morgan fingerprint density at radius 3 is 2.65 bits per heavy atom. The summed E-state index contributed by atoms with van der Waals surface area (Å²) in [5.74, 6) is 1.19. The highest BCUT2D eigenvalue weighted by atomic mass is 35.5. The maximum atomic E-state index is 12.2. The molecule has 0 fully saturated rings. The van der Waals surface area contributed by atoms with Crippen molar-refractivity contribution in [3.63, 3.8) is 0 Å². The van der Waals surface area contributed by atoms with Gasteiger partial charge in [0.15, 0.2) is 0 Å². The fourth-order valence-corrected chi connectivity index (χ4v) is 3.40. The van der Waals surface area contributed by atoms with Crippen molar-refractivity contribution < 1.29 is 4.79 Å². The van der Waals surface area contributed by atoms with Gasteiger partial charge in [-0.2, -0.15) is 0 Å². The van der Waals surface area contributed by atoms with Crippen LogP contribution < -0.4 is 5.32 Å². The van der Waals surface area contributed by atoms with Gasteiger partial charge in [-0.05, 0) is 29.1 Å². The summed E-state index contributed by atoms with van der Waals surface area (Å²) in [4.78, 5) is 12.2. The number of fused-ring (bicyclic) bond motifs is 1. The lowest BCUT2D eigenvalue weighted by Gasteiger charge is -2.08. The van der Waals surface area contributed by atoms with E-state index in [0.29, 0.717) is 5.75 Å². The van der Waals surface area contributed by atoms with Gasteiger partial charge in [-0.3, -0.25) is 4.79 Å². The highest BCUT2D eigenvalue weighted by Crippen LogP contribution is 2.23. The molecule has 116 valence electrons. The predicted molar refractivity (Wildman–Crippen MR) is 100 cm³/mol. The van der Waals surface area contributed by atoms with Crippen LogP contribution in [0.15, 0.2) is 66.7 Å². The Kier molecular flexibility index (Phi) is 5.21. The first kappa shape index (κ1) is 15.9. The molecule has 0 atom stereocenters. The van der Waals surface area contributed by atoms with Crippen LogP contribution in [0, 0.1) is 0 Å². The molecule has 0 radical (unpaired) electrons. The minimum Gasteiger partial charge on any atom is -0.325 e. The van der Waals surface area contributed by atoms with E-state index in [0.717, 1.165) is 32.8 Å². The van der Waals surface area contributed by atoms with Crippen LogP contribution in [0.2, 0.25) is 5.02 Å². The molecule has 4 heteroatoms. The molecular formula is C19H16ClNOS. The van der Waals surface area contributed by atoms with Gasteiger partial charge in [-0.15, -0.1) is 11.8 Å². The molecule has 23 heavy (non-hydrogen) atoms. The number of benzene rings is 3. The fraction of sp³-hybridized carbons (Fsp3) is 0.105. The van der Waals surface area contributed by atoms with E-state index in [9.17, 15) is 4.79 Å². The zero-order valence-electron chi connectivity index (χ0n) is 12.5. The summed E-state index contributed by atoms with van der Waals surface area (Å²) in [6.45, 7) is 0. The van der Waals surface area contributed by atoms with E-state index in [1.54, 1.807) is 11.8 Å². The van der Waals surface area contributed by atoms with E-state index in [4.69, 9.17) is 11.6 Å². The smallest absolute Gasteiger partial charge is 0.234 e. The van der Waals surface area contributed by atoms with Crippen molar-refractivity contribution in [3.05, 3.63) is 77.3 Å². The molecule has 3 aromatic carbocycles. The largest absolute Gasteiger partial charge is 0.325 e. The van der Waals surface area contributed by atoms with Crippen molar-refractivity contribution in [2.24, 2.45) is 0 Å². The minimum absolute atomic E-state index is 0.00776. The Morgan fingerprint density at radius 2 is 1.78 bits per heavy atom. The Morgan fingerprint density at radius 1 is 1.00 bits per heavy atom. The third kappa shape index (κ3) is 4.27. The second-order valence-corrected chi connectivity index (χ2v) is 6.62. The monoisotopic (exact) mass is 341 g/mol. The van der Waals surface area contributed by atoms with E-state index in [1.807, 2.05) is 66.7 Å². The number of carbonyl (C=O) groups excluding carboxylic acids is 1. The number of amides is 1. The maximum Gasteiger partial charge on any atom is 0.234 e. The topological polar surface area (TPSA) is 29.1 Å². The number of thioether (sulfide) groups is 1. The van der Waals surface area contributed by atoms with E-state index >= 15 is 0 Å². The van der Waals surface area contributed by atoms with Gasteiger partial charge in [-0.25, -0.2) is 0 Å². The number of rotatable bonds is 5. The lowest BCUT2D eigenvalue weighted by Crippen LogP contribution is -2.14. The second-order valence-electron chi connectivity index (χ2n) is 5.20. The number of halogens is 1. The van der Waals surface area contributed by atoms with Crippen LogP contribution in [0.5, 0.6) is 0 Å². The third-order valence-electron chi connectivity index (χ3n) is 3.45. The van der Waals surface area contributed by atoms with Gasteiger partial charge in [-0.1, -0.05) is 60.1 Å². The highest BCUT2D eigenvalue weighted by Gasteiger charge is 2.06. The molecule has 3 aromatic rings. The minimum atomic E-state index is 0.00776. The van der Waals surface area contributed by atoms with Gasteiger partial charge >= 0.3 is 0 Å². The SMILES string of the molecule is O=C(CSCc1cccc(Cl)c1)Nc1cccc2ccccc12. The van der Waals surface area contributed by atoms with Gasteiger partial charge in [0.1, 0.15) is 0 Å². The Labute approximate surface area is 144 Å². The molecule has 0 aliphatic rings. The molecule has 0 bridgehead atoms. The number of hydrogen-bond acceptors (Lipinski definition) is 2. The first-order valence-electron chi connectivity index (χ1n) is 7.32. The normalized spacial score (nSPS) is 10.7. The average Bonchev–Trinajstić information content (AvgIpc) is 2.55. The van der Waals surface area contributed by atoms with E-state index < -0.39 is 0 Å². The van der Waals surface area contributed by atoms with Gasteiger partial charge in [0, 0.05) is 21.8 Å². The molecule has 0 unspecified atom stereocenters. The number of anilines is 1. The van der Waals surface area contributed by atoms with Crippen LogP contribution in [-0.2, 0) is 10.5 Å². The molecule has 0 spiro atoms.